The minimum atomic E-state index is -1.13. The second-order valence-electron chi connectivity index (χ2n) is 3.66. The predicted octanol–water partition coefficient (Wildman–Crippen LogP) is 2.72. The van der Waals surface area contributed by atoms with Gasteiger partial charge in [0.05, 0.1) is 0 Å². The van der Waals surface area contributed by atoms with Crippen LogP contribution >= 0.6 is 10.7 Å². The summed E-state index contributed by atoms with van der Waals surface area (Å²) in [5.74, 6) is 0.624. The molecule has 0 amide bonds. The van der Waals surface area contributed by atoms with E-state index in [1.807, 2.05) is 0 Å². The zero-order valence-corrected chi connectivity index (χ0v) is 8.39. The smallest absolute Gasteiger partial charge is 0.114 e. The Kier molecular flexibility index (Phi) is 4.54. The Balaban J connectivity index is 3.29. The van der Waals surface area contributed by atoms with Gasteiger partial charge in [-0.3, -0.25) is 0 Å². The molecule has 0 heterocycles. The molecular formula is C7H15ClOS. The average molecular weight is 183 g/mol. The number of halogens is 1. The summed E-state index contributed by atoms with van der Waals surface area (Å²) in [6.07, 6.45) is 2.05. The summed E-state index contributed by atoms with van der Waals surface area (Å²) in [5, 5.41) is 0. The second kappa shape index (κ2) is 4.35. The van der Waals surface area contributed by atoms with Gasteiger partial charge in [-0.15, -0.1) is 0 Å². The van der Waals surface area contributed by atoms with Crippen molar-refractivity contribution in [3.8, 4) is 0 Å². The van der Waals surface area contributed by atoms with E-state index in [2.05, 4.69) is 20.8 Å². The van der Waals surface area contributed by atoms with E-state index in [0.717, 1.165) is 12.8 Å². The van der Waals surface area contributed by atoms with Crippen LogP contribution in [0.5, 0.6) is 0 Å². The Labute approximate surface area is 70.1 Å². The van der Waals surface area contributed by atoms with E-state index in [1.54, 1.807) is 0 Å². The number of hydrogen-bond acceptors (Lipinski definition) is 1. The maximum Gasteiger partial charge on any atom is 0.114 e. The fraction of sp³-hybridized carbons (Fsp3) is 1.00. The minimum absolute atomic E-state index is 0.344. The van der Waals surface area contributed by atoms with Crippen LogP contribution < -0.4 is 0 Å². The van der Waals surface area contributed by atoms with E-state index in [0.29, 0.717) is 11.2 Å². The molecule has 0 spiro atoms. The van der Waals surface area contributed by atoms with Gasteiger partial charge in [0, 0.05) is 5.75 Å². The highest BCUT2D eigenvalue weighted by Crippen LogP contribution is 2.20. The summed E-state index contributed by atoms with van der Waals surface area (Å²) in [6.45, 7) is 6.51. The van der Waals surface area contributed by atoms with Crippen LogP contribution in [0.25, 0.3) is 0 Å². The average Bonchev–Trinajstić information content (AvgIpc) is 1.59. The van der Waals surface area contributed by atoms with E-state index >= 15 is 0 Å². The van der Waals surface area contributed by atoms with Crippen molar-refractivity contribution < 1.29 is 4.21 Å². The van der Waals surface area contributed by atoms with Gasteiger partial charge < -0.3 is 0 Å². The third kappa shape index (κ3) is 8.44. The molecule has 0 bridgehead atoms. The Morgan fingerprint density at radius 3 is 2.20 bits per heavy atom. The molecular weight excluding hydrogens is 168 g/mol. The lowest BCUT2D eigenvalue weighted by Gasteiger charge is -2.16. The molecule has 0 saturated heterocycles. The van der Waals surface area contributed by atoms with Gasteiger partial charge >= 0.3 is 0 Å². The first-order valence-corrected chi connectivity index (χ1v) is 5.61. The third-order valence-corrected chi connectivity index (χ3v) is 2.30. The SMILES string of the molecule is CC(C)(C)CCCS(=O)Cl. The van der Waals surface area contributed by atoms with E-state index < -0.39 is 10.0 Å². The van der Waals surface area contributed by atoms with Crippen molar-refractivity contribution in [1.29, 1.82) is 0 Å². The van der Waals surface area contributed by atoms with Gasteiger partial charge in [-0.2, -0.15) is 0 Å². The van der Waals surface area contributed by atoms with Crippen LogP contribution in [0, 0.1) is 5.41 Å². The zero-order valence-electron chi connectivity index (χ0n) is 6.82. The highest BCUT2D eigenvalue weighted by molar-refractivity contribution is 8.08. The molecule has 10 heavy (non-hydrogen) atoms. The fourth-order valence-corrected chi connectivity index (χ4v) is 1.41. The lowest BCUT2D eigenvalue weighted by molar-refractivity contribution is 0.374. The molecule has 0 aliphatic carbocycles. The van der Waals surface area contributed by atoms with E-state index in [4.69, 9.17) is 10.7 Å². The van der Waals surface area contributed by atoms with Gasteiger partial charge in [-0.1, -0.05) is 20.8 Å². The van der Waals surface area contributed by atoms with Crippen LogP contribution in [0.2, 0.25) is 0 Å². The van der Waals surface area contributed by atoms with Crippen LogP contribution in [-0.4, -0.2) is 9.96 Å². The summed E-state index contributed by atoms with van der Waals surface area (Å²) in [6, 6.07) is 0. The molecule has 0 aromatic heterocycles. The van der Waals surface area contributed by atoms with Crippen molar-refractivity contribution in [3.63, 3.8) is 0 Å². The molecule has 0 aromatic rings. The van der Waals surface area contributed by atoms with Gasteiger partial charge in [0.2, 0.25) is 0 Å². The standard InChI is InChI=1S/C7H15ClOS/c1-7(2,3)5-4-6-10(8)9/h4-6H2,1-3H3. The van der Waals surface area contributed by atoms with Crippen molar-refractivity contribution in [2.45, 2.75) is 33.6 Å². The number of rotatable bonds is 3. The molecule has 1 atom stereocenters. The highest BCUT2D eigenvalue weighted by atomic mass is 35.7. The third-order valence-electron chi connectivity index (χ3n) is 1.23. The molecule has 3 heteroatoms. The molecule has 62 valence electrons. The molecule has 0 rings (SSSR count). The van der Waals surface area contributed by atoms with E-state index in [1.165, 1.54) is 0 Å². The molecule has 0 fully saturated rings. The minimum Gasteiger partial charge on any atom is -0.243 e. The van der Waals surface area contributed by atoms with Crippen LogP contribution in [0.1, 0.15) is 33.6 Å². The summed E-state index contributed by atoms with van der Waals surface area (Å²) < 4.78 is 10.4. The molecule has 0 aromatic carbocycles. The van der Waals surface area contributed by atoms with Gasteiger partial charge in [0.1, 0.15) is 10.0 Å². The van der Waals surface area contributed by atoms with Crippen molar-refractivity contribution in [2.75, 3.05) is 5.75 Å². The van der Waals surface area contributed by atoms with Crippen LogP contribution in [-0.2, 0) is 10.0 Å². The van der Waals surface area contributed by atoms with E-state index in [-0.39, 0.29) is 0 Å². The first-order chi connectivity index (χ1) is 4.42. The molecule has 1 unspecified atom stereocenters. The monoisotopic (exact) mass is 182 g/mol. The first-order valence-electron chi connectivity index (χ1n) is 3.46. The Morgan fingerprint density at radius 1 is 1.40 bits per heavy atom. The summed E-state index contributed by atoms with van der Waals surface area (Å²) in [7, 11) is 4.15. The van der Waals surface area contributed by atoms with Gasteiger partial charge in [-0.05, 0) is 28.9 Å². The number of hydrogen-bond donors (Lipinski definition) is 0. The van der Waals surface area contributed by atoms with Crippen LogP contribution in [0.15, 0.2) is 0 Å². The predicted molar refractivity (Wildman–Crippen MR) is 47.6 cm³/mol. The van der Waals surface area contributed by atoms with E-state index in [9.17, 15) is 4.21 Å². The van der Waals surface area contributed by atoms with Gasteiger partial charge in [-0.25, -0.2) is 4.21 Å². The summed E-state index contributed by atoms with van der Waals surface area (Å²) in [4.78, 5) is 0. The van der Waals surface area contributed by atoms with Crippen molar-refractivity contribution >= 4 is 20.7 Å². The molecule has 0 radical (unpaired) electrons. The topological polar surface area (TPSA) is 17.1 Å². The highest BCUT2D eigenvalue weighted by Gasteiger charge is 2.09. The summed E-state index contributed by atoms with van der Waals surface area (Å²) >= 11 is 0. The Morgan fingerprint density at radius 2 is 1.90 bits per heavy atom. The van der Waals surface area contributed by atoms with Gasteiger partial charge in [0.15, 0.2) is 0 Å². The molecule has 0 aliphatic heterocycles. The van der Waals surface area contributed by atoms with Gasteiger partial charge in [0.25, 0.3) is 0 Å². The van der Waals surface area contributed by atoms with Crippen molar-refractivity contribution in [2.24, 2.45) is 5.41 Å². The quantitative estimate of drug-likeness (QED) is 0.614. The summed E-state index contributed by atoms with van der Waals surface area (Å²) in [5.41, 5.74) is 0.344. The lowest BCUT2D eigenvalue weighted by Crippen LogP contribution is -2.05. The second-order valence-corrected chi connectivity index (χ2v) is 5.68. The molecule has 0 saturated carbocycles. The molecule has 1 nitrogen and oxygen atoms in total. The first kappa shape index (κ1) is 10.4. The van der Waals surface area contributed by atoms with Crippen molar-refractivity contribution in [1.82, 2.24) is 0 Å². The Bertz CT molecular complexity index is 117. The zero-order chi connectivity index (χ0) is 8.20. The molecule has 0 aliphatic rings. The van der Waals surface area contributed by atoms with Crippen LogP contribution in [0.3, 0.4) is 0 Å². The maximum atomic E-state index is 10.4. The molecule has 0 N–H and O–H groups in total. The fourth-order valence-electron chi connectivity index (χ4n) is 0.716. The normalized spacial score (nSPS) is 15.2. The maximum absolute atomic E-state index is 10.4. The Hall–Kier alpha value is 0.440. The van der Waals surface area contributed by atoms with Crippen LogP contribution in [0.4, 0.5) is 0 Å². The van der Waals surface area contributed by atoms with Crippen molar-refractivity contribution in [3.05, 3.63) is 0 Å². The largest absolute Gasteiger partial charge is 0.243 e. The lowest BCUT2D eigenvalue weighted by atomic mass is 9.91.